The average molecular weight is 564 g/mol. The molecule has 2 fully saturated rings. The van der Waals surface area contributed by atoms with E-state index in [1.54, 1.807) is 15.6 Å². The summed E-state index contributed by atoms with van der Waals surface area (Å²) >= 11 is 0. The van der Waals surface area contributed by atoms with E-state index in [-0.39, 0.29) is 11.4 Å². The molecule has 0 unspecified atom stereocenters. The third-order valence-electron chi connectivity index (χ3n) is 8.76. The van der Waals surface area contributed by atoms with Crippen molar-refractivity contribution < 1.29 is 32.6 Å². The molecule has 11 heteroatoms. The molecule has 1 spiro atoms. The van der Waals surface area contributed by atoms with E-state index in [9.17, 15) is 18.8 Å². The number of nitrogens with zero attached hydrogens (tertiary/aromatic N) is 3. The predicted octanol–water partition coefficient (Wildman–Crippen LogP) is 4.33. The molecule has 212 valence electrons. The van der Waals surface area contributed by atoms with Crippen LogP contribution in [-0.4, -0.2) is 48.3 Å². The summed E-state index contributed by atoms with van der Waals surface area (Å²) in [5.41, 5.74) is 1.65. The van der Waals surface area contributed by atoms with Crippen molar-refractivity contribution in [2.24, 2.45) is 0 Å². The summed E-state index contributed by atoms with van der Waals surface area (Å²) in [7, 11) is 1.14. The van der Waals surface area contributed by atoms with Crippen LogP contribution in [0.15, 0.2) is 53.5 Å². The molecule has 2 aromatic carbocycles. The number of pyridine rings is 1. The number of methoxy groups -OCH3 is 1. The average Bonchev–Trinajstić information content (AvgIpc) is 3.78. The molecule has 7 rings (SSSR count). The Kier molecular flexibility index (Phi) is 5.81. The largest absolute Gasteiger partial charge is 0.510 e. The molecule has 9 nitrogen and oxygen atoms in total. The first-order valence-electron chi connectivity index (χ1n) is 13.6. The molecule has 3 aromatic rings. The second kappa shape index (κ2) is 9.32. The number of piperidine rings is 1. The predicted molar refractivity (Wildman–Crippen MR) is 141 cm³/mol. The second-order valence-corrected chi connectivity index (χ2v) is 10.8. The lowest BCUT2D eigenvalue weighted by atomic mass is 9.72. The molecule has 2 aliphatic heterocycles. The number of carbonyl (C=O) groups excluding carboxylic acids is 2. The summed E-state index contributed by atoms with van der Waals surface area (Å²) in [6.45, 7) is -0.193. The van der Waals surface area contributed by atoms with Gasteiger partial charge in [-0.05, 0) is 54.9 Å². The summed E-state index contributed by atoms with van der Waals surface area (Å²) in [5.74, 6) is -2.42. The standard InChI is InChI=1S/C30H27F2N3O6/c1-39-29(38)41-16-40-27-21(36)11-15-34-26(27)28(37)33-14-5-4-8-22(33)35(34)25-17-6-2-3-7-19(17)30(12-13-30)23-18(25)9-10-20(31)24(23)32/h2-3,6-7,9-11,15,22,25H,4-5,8,12-14,16H2,1H3/t22-,25-/m1/s1. The number of hydrogen-bond donors (Lipinski definition) is 0. The van der Waals surface area contributed by atoms with Gasteiger partial charge >= 0.3 is 6.16 Å². The molecule has 2 aliphatic carbocycles. The Morgan fingerprint density at radius 1 is 1.05 bits per heavy atom. The molecular weight excluding hydrogens is 536 g/mol. The quantitative estimate of drug-likeness (QED) is 0.345. The molecule has 1 amide bonds. The molecule has 1 saturated carbocycles. The first kappa shape index (κ1) is 25.6. The van der Waals surface area contributed by atoms with Gasteiger partial charge < -0.3 is 19.1 Å². The van der Waals surface area contributed by atoms with E-state index in [0.29, 0.717) is 36.9 Å². The fourth-order valence-corrected chi connectivity index (χ4v) is 6.92. The summed E-state index contributed by atoms with van der Waals surface area (Å²) in [6.07, 6.45) is 3.78. The van der Waals surface area contributed by atoms with Gasteiger partial charge in [-0.15, -0.1) is 0 Å². The van der Waals surface area contributed by atoms with Crippen molar-refractivity contribution in [3.63, 3.8) is 0 Å². The van der Waals surface area contributed by atoms with Crippen LogP contribution < -0.4 is 15.2 Å². The number of aromatic nitrogens is 1. The number of carbonyl (C=O) groups is 2. The third kappa shape index (κ3) is 3.67. The lowest BCUT2D eigenvalue weighted by molar-refractivity contribution is 0.0126. The number of amides is 1. The Morgan fingerprint density at radius 2 is 1.85 bits per heavy atom. The molecule has 41 heavy (non-hydrogen) atoms. The number of ether oxygens (including phenoxy) is 3. The molecule has 3 heterocycles. The highest BCUT2D eigenvalue weighted by Gasteiger charge is 2.56. The SMILES string of the molecule is COC(=O)OCOc1c2n(ccc1=O)N([C@@H]1c3ccccc3C3(CC3)c3c1ccc(F)c3F)[C@@H]1CCCCN1C2=O. The van der Waals surface area contributed by atoms with E-state index >= 15 is 4.39 Å². The Morgan fingerprint density at radius 3 is 2.63 bits per heavy atom. The van der Waals surface area contributed by atoms with Crippen molar-refractivity contribution in [1.82, 2.24) is 9.58 Å². The van der Waals surface area contributed by atoms with Gasteiger partial charge in [0.05, 0.1) is 13.2 Å². The smallest absolute Gasteiger partial charge is 0.451 e. The minimum Gasteiger partial charge on any atom is -0.451 e. The number of halogens is 2. The number of rotatable bonds is 4. The molecule has 1 saturated heterocycles. The van der Waals surface area contributed by atoms with Crippen LogP contribution in [0.4, 0.5) is 13.6 Å². The molecule has 0 bridgehead atoms. The van der Waals surface area contributed by atoms with E-state index in [1.165, 1.54) is 12.3 Å². The summed E-state index contributed by atoms with van der Waals surface area (Å²) < 4.78 is 46.9. The van der Waals surface area contributed by atoms with Gasteiger partial charge in [-0.1, -0.05) is 30.3 Å². The van der Waals surface area contributed by atoms with Crippen LogP contribution >= 0.6 is 0 Å². The van der Waals surface area contributed by atoms with Gasteiger partial charge in [0.25, 0.3) is 5.91 Å². The van der Waals surface area contributed by atoms with E-state index in [2.05, 4.69) is 4.74 Å². The zero-order valence-electron chi connectivity index (χ0n) is 22.3. The molecule has 0 N–H and O–H groups in total. The van der Waals surface area contributed by atoms with E-state index in [1.807, 2.05) is 29.3 Å². The van der Waals surface area contributed by atoms with Crippen molar-refractivity contribution in [2.45, 2.75) is 49.7 Å². The van der Waals surface area contributed by atoms with Gasteiger partial charge in [0, 0.05) is 29.8 Å². The van der Waals surface area contributed by atoms with Crippen molar-refractivity contribution in [2.75, 3.05) is 25.5 Å². The topological polar surface area (TPSA) is 90.3 Å². The maximum absolute atomic E-state index is 15.7. The van der Waals surface area contributed by atoms with Crippen molar-refractivity contribution >= 4 is 12.1 Å². The maximum atomic E-state index is 15.7. The van der Waals surface area contributed by atoms with Gasteiger partial charge in [-0.25, -0.2) is 13.6 Å². The molecule has 4 aliphatic rings. The Labute approximate surface area is 233 Å². The van der Waals surface area contributed by atoms with E-state index in [4.69, 9.17) is 9.47 Å². The normalized spacial score (nSPS) is 21.4. The Balaban J connectivity index is 1.45. The zero-order chi connectivity index (χ0) is 28.5. The van der Waals surface area contributed by atoms with Crippen LogP contribution in [-0.2, 0) is 14.9 Å². The monoisotopic (exact) mass is 563 g/mol. The van der Waals surface area contributed by atoms with Crippen molar-refractivity contribution in [3.05, 3.63) is 98.5 Å². The highest BCUT2D eigenvalue weighted by molar-refractivity contribution is 5.96. The molecular formula is C30H27F2N3O6. The highest BCUT2D eigenvalue weighted by Crippen LogP contribution is 2.61. The Bertz CT molecular complexity index is 1650. The zero-order valence-corrected chi connectivity index (χ0v) is 22.3. The van der Waals surface area contributed by atoms with Crippen LogP contribution in [0.2, 0.25) is 0 Å². The van der Waals surface area contributed by atoms with E-state index < -0.39 is 53.5 Å². The van der Waals surface area contributed by atoms with Crippen LogP contribution in [0.5, 0.6) is 5.75 Å². The first-order chi connectivity index (χ1) is 19.9. The summed E-state index contributed by atoms with van der Waals surface area (Å²) in [4.78, 5) is 40.1. The first-order valence-corrected chi connectivity index (χ1v) is 13.6. The van der Waals surface area contributed by atoms with Gasteiger partial charge in [0.15, 0.2) is 17.3 Å². The fourth-order valence-electron chi connectivity index (χ4n) is 6.92. The maximum Gasteiger partial charge on any atom is 0.510 e. The molecule has 0 radical (unpaired) electrons. The van der Waals surface area contributed by atoms with Gasteiger partial charge in [0.1, 0.15) is 6.17 Å². The third-order valence-corrected chi connectivity index (χ3v) is 8.76. The summed E-state index contributed by atoms with van der Waals surface area (Å²) in [5, 5.41) is 1.98. The molecule has 2 atom stereocenters. The van der Waals surface area contributed by atoms with Crippen LogP contribution in [0.1, 0.15) is 70.9 Å². The van der Waals surface area contributed by atoms with Crippen LogP contribution in [0, 0.1) is 11.6 Å². The minimum atomic E-state index is -1.00. The number of hydrogen-bond acceptors (Lipinski definition) is 7. The van der Waals surface area contributed by atoms with Crippen LogP contribution in [0.3, 0.4) is 0 Å². The van der Waals surface area contributed by atoms with Crippen molar-refractivity contribution in [1.29, 1.82) is 0 Å². The van der Waals surface area contributed by atoms with Gasteiger partial charge in [-0.3, -0.25) is 19.3 Å². The minimum absolute atomic E-state index is 0.0301. The Hall–Kier alpha value is -4.41. The number of benzene rings is 2. The van der Waals surface area contributed by atoms with Crippen molar-refractivity contribution in [3.8, 4) is 5.75 Å². The molecule has 1 aromatic heterocycles. The second-order valence-electron chi connectivity index (χ2n) is 10.8. The lowest BCUT2D eigenvalue weighted by Crippen LogP contribution is -2.64. The van der Waals surface area contributed by atoms with E-state index in [0.717, 1.165) is 37.1 Å². The van der Waals surface area contributed by atoms with Crippen LogP contribution in [0.25, 0.3) is 0 Å². The summed E-state index contributed by atoms with van der Waals surface area (Å²) in [6, 6.07) is 11.3. The fraction of sp³-hybridized carbons (Fsp3) is 0.367. The lowest BCUT2D eigenvalue weighted by Gasteiger charge is -2.53. The number of fused-ring (bicyclic) bond motifs is 6. The van der Waals surface area contributed by atoms with Gasteiger partial charge in [0.2, 0.25) is 18.0 Å². The highest BCUT2D eigenvalue weighted by atomic mass is 19.2. The van der Waals surface area contributed by atoms with Gasteiger partial charge in [-0.2, -0.15) is 0 Å².